The van der Waals surface area contributed by atoms with Gasteiger partial charge < -0.3 is 19.0 Å². The number of imide groups is 1. The second kappa shape index (κ2) is 10.9. The lowest BCUT2D eigenvalue weighted by Gasteiger charge is -2.14. The van der Waals surface area contributed by atoms with Crippen molar-refractivity contribution in [1.29, 1.82) is 0 Å². The molecule has 1 N–H and O–H groups in total. The van der Waals surface area contributed by atoms with Crippen LogP contribution >= 0.6 is 23.4 Å². The number of benzene rings is 2. The molecule has 11 heteroatoms. The van der Waals surface area contributed by atoms with Crippen LogP contribution in [0.2, 0.25) is 5.02 Å². The van der Waals surface area contributed by atoms with Gasteiger partial charge in [-0.3, -0.25) is 14.5 Å². The van der Waals surface area contributed by atoms with E-state index in [0.717, 1.165) is 16.7 Å². The van der Waals surface area contributed by atoms with Crippen molar-refractivity contribution in [3.63, 3.8) is 0 Å². The van der Waals surface area contributed by atoms with Gasteiger partial charge in [0.25, 0.3) is 11.1 Å². The Kier molecular flexibility index (Phi) is 7.66. The molecule has 0 radical (unpaired) electrons. The molecule has 2 heterocycles. The van der Waals surface area contributed by atoms with Crippen LogP contribution < -0.4 is 9.47 Å². The first-order valence-corrected chi connectivity index (χ1v) is 11.9. The van der Waals surface area contributed by atoms with Crippen LogP contribution in [-0.2, 0) is 17.9 Å². The normalized spacial score (nSPS) is 14.5. The monoisotopic (exact) mass is 531 g/mol. The summed E-state index contributed by atoms with van der Waals surface area (Å²) in [6.07, 6.45) is 1.53. The van der Waals surface area contributed by atoms with Gasteiger partial charge in [-0.05, 0) is 66.7 Å². The number of carbonyl (C=O) groups excluding carboxylic acids is 2. The Balaban J connectivity index is 1.51. The minimum absolute atomic E-state index is 0.0236. The van der Waals surface area contributed by atoms with Gasteiger partial charge >= 0.3 is 5.97 Å². The third kappa shape index (κ3) is 5.55. The molecule has 0 bridgehead atoms. The molecule has 1 aliphatic heterocycles. The molecule has 0 saturated carbocycles. The molecule has 1 aliphatic rings. The second-order valence-corrected chi connectivity index (χ2v) is 8.87. The SMILES string of the molecule is CCOc1cc(C=C2SC(=O)N(Cc3c(F)cccc3Cl)C2=O)ccc1OCc1ccc(C(=O)O)o1. The highest BCUT2D eigenvalue weighted by Crippen LogP contribution is 2.36. The van der Waals surface area contributed by atoms with E-state index in [1.807, 2.05) is 0 Å². The Morgan fingerprint density at radius 3 is 2.67 bits per heavy atom. The Hall–Kier alpha value is -3.76. The molecule has 8 nitrogen and oxygen atoms in total. The molecule has 4 rings (SSSR count). The van der Waals surface area contributed by atoms with Crippen LogP contribution in [0.25, 0.3) is 6.08 Å². The van der Waals surface area contributed by atoms with Gasteiger partial charge in [-0.25, -0.2) is 9.18 Å². The number of furan rings is 1. The third-order valence-electron chi connectivity index (χ3n) is 5.06. The highest BCUT2D eigenvalue weighted by Gasteiger charge is 2.36. The fourth-order valence-electron chi connectivity index (χ4n) is 3.35. The van der Waals surface area contributed by atoms with Crippen LogP contribution in [0.15, 0.2) is 57.9 Å². The van der Waals surface area contributed by atoms with Crippen LogP contribution in [-0.4, -0.2) is 33.7 Å². The fraction of sp³-hybridized carbons (Fsp3) is 0.160. The van der Waals surface area contributed by atoms with Gasteiger partial charge in [-0.2, -0.15) is 0 Å². The average Bonchev–Trinajstić information content (AvgIpc) is 3.41. The van der Waals surface area contributed by atoms with Crippen LogP contribution in [0, 0.1) is 5.82 Å². The topological polar surface area (TPSA) is 106 Å². The first-order valence-electron chi connectivity index (χ1n) is 10.7. The average molecular weight is 532 g/mol. The van der Waals surface area contributed by atoms with E-state index in [0.29, 0.717) is 29.4 Å². The quantitative estimate of drug-likeness (QED) is 0.336. The standard InChI is InChI=1S/C25H19ClFNO7S/c1-2-33-21-10-14(6-8-19(21)34-13-15-7-9-20(35-15)24(30)31)11-22-23(29)28(25(32)36-22)12-16-17(26)4-3-5-18(16)27/h3-11H,2,12-13H2,1H3,(H,30,31). The number of ether oxygens (including phenoxy) is 2. The van der Waals surface area contributed by atoms with Crippen molar-refractivity contribution in [3.05, 3.63) is 86.9 Å². The number of amides is 2. The molecule has 1 aromatic heterocycles. The minimum atomic E-state index is -1.18. The lowest BCUT2D eigenvalue weighted by atomic mass is 10.1. The van der Waals surface area contributed by atoms with Crippen molar-refractivity contribution in [2.75, 3.05) is 6.61 Å². The summed E-state index contributed by atoms with van der Waals surface area (Å²) in [5, 5.41) is 8.56. The van der Waals surface area contributed by atoms with E-state index < -0.39 is 22.9 Å². The second-order valence-electron chi connectivity index (χ2n) is 7.47. The molecule has 0 aliphatic carbocycles. The zero-order valence-corrected chi connectivity index (χ0v) is 20.4. The van der Waals surface area contributed by atoms with Crippen LogP contribution in [0.5, 0.6) is 11.5 Å². The number of carboxylic acids is 1. The summed E-state index contributed by atoms with van der Waals surface area (Å²) in [6.45, 7) is 1.83. The number of carbonyl (C=O) groups is 3. The fourth-order valence-corrected chi connectivity index (χ4v) is 4.41. The number of nitrogens with zero attached hydrogens (tertiary/aromatic N) is 1. The van der Waals surface area contributed by atoms with Gasteiger partial charge in [-0.15, -0.1) is 0 Å². The number of hydrogen-bond donors (Lipinski definition) is 1. The first kappa shape index (κ1) is 25.3. The van der Waals surface area contributed by atoms with E-state index in [-0.39, 0.29) is 34.4 Å². The number of aromatic carboxylic acids is 1. The highest BCUT2D eigenvalue weighted by molar-refractivity contribution is 8.18. The van der Waals surface area contributed by atoms with Crippen molar-refractivity contribution in [3.8, 4) is 11.5 Å². The van der Waals surface area contributed by atoms with Crippen LogP contribution in [0.1, 0.15) is 34.4 Å². The smallest absolute Gasteiger partial charge is 0.371 e. The molecule has 0 spiro atoms. The van der Waals surface area contributed by atoms with Crippen LogP contribution in [0.4, 0.5) is 9.18 Å². The number of thioether (sulfide) groups is 1. The zero-order chi connectivity index (χ0) is 25.8. The Morgan fingerprint density at radius 1 is 1.17 bits per heavy atom. The number of hydrogen-bond acceptors (Lipinski definition) is 7. The lowest BCUT2D eigenvalue weighted by Crippen LogP contribution is -2.28. The summed E-state index contributed by atoms with van der Waals surface area (Å²) in [5.74, 6) is -1.45. The predicted octanol–water partition coefficient (Wildman–Crippen LogP) is 5.98. The van der Waals surface area contributed by atoms with Crippen molar-refractivity contribution in [2.45, 2.75) is 20.1 Å². The molecule has 0 atom stereocenters. The Labute approximate surface area is 214 Å². The molecule has 186 valence electrons. The molecular formula is C25H19ClFNO7S. The summed E-state index contributed by atoms with van der Waals surface area (Å²) in [7, 11) is 0. The van der Waals surface area contributed by atoms with E-state index in [9.17, 15) is 18.8 Å². The van der Waals surface area contributed by atoms with Gasteiger partial charge in [0, 0.05) is 10.6 Å². The lowest BCUT2D eigenvalue weighted by molar-refractivity contribution is -0.123. The van der Waals surface area contributed by atoms with E-state index in [2.05, 4.69) is 0 Å². The first-order chi connectivity index (χ1) is 17.3. The summed E-state index contributed by atoms with van der Waals surface area (Å²) in [4.78, 5) is 37.4. The number of halogens is 2. The van der Waals surface area contributed by atoms with Gasteiger partial charge in [0.15, 0.2) is 11.5 Å². The number of carboxylic acid groups (broad SMARTS) is 1. The van der Waals surface area contributed by atoms with E-state index in [1.54, 1.807) is 25.1 Å². The van der Waals surface area contributed by atoms with Gasteiger partial charge in [0.2, 0.25) is 5.76 Å². The van der Waals surface area contributed by atoms with Crippen molar-refractivity contribution in [2.24, 2.45) is 0 Å². The van der Waals surface area contributed by atoms with E-state index >= 15 is 0 Å². The maximum absolute atomic E-state index is 14.2. The predicted molar refractivity (Wildman–Crippen MR) is 131 cm³/mol. The number of rotatable bonds is 9. The van der Waals surface area contributed by atoms with E-state index in [4.69, 9.17) is 30.6 Å². The molecular weight excluding hydrogens is 513 g/mol. The maximum atomic E-state index is 14.2. The third-order valence-corrected chi connectivity index (χ3v) is 6.32. The summed E-state index contributed by atoms with van der Waals surface area (Å²) in [6, 6.07) is 11.9. The van der Waals surface area contributed by atoms with Crippen LogP contribution in [0.3, 0.4) is 0 Å². The molecule has 2 aromatic carbocycles. The van der Waals surface area contributed by atoms with Crippen molar-refractivity contribution in [1.82, 2.24) is 4.90 Å². The molecule has 36 heavy (non-hydrogen) atoms. The zero-order valence-electron chi connectivity index (χ0n) is 18.8. The summed E-state index contributed by atoms with van der Waals surface area (Å²) < 4.78 is 30.7. The molecule has 1 saturated heterocycles. The summed E-state index contributed by atoms with van der Waals surface area (Å²) >= 11 is 6.79. The van der Waals surface area contributed by atoms with Gasteiger partial charge in [-0.1, -0.05) is 23.7 Å². The maximum Gasteiger partial charge on any atom is 0.371 e. The molecule has 0 unspecified atom stereocenters. The van der Waals surface area contributed by atoms with Crippen molar-refractivity contribution < 1.29 is 37.8 Å². The van der Waals surface area contributed by atoms with E-state index in [1.165, 1.54) is 36.4 Å². The van der Waals surface area contributed by atoms with Gasteiger partial charge in [0.1, 0.15) is 18.2 Å². The largest absolute Gasteiger partial charge is 0.490 e. The minimum Gasteiger partial charge on any atom is -0.490 e. The molecule has 3 aromatic rings. The Bertz CT molecular complexity index is 1350. The molecule has 2 amide bonds. The van der Waals surface area contributed by atoms with Crippen molar-refractivity contribution >= 4 is 46.6 Å². The van der Waals surface area contributed by atoms with Gasteiger partial charge in [0.05, 0.1) is 18.1 Å². The molecule has 1 fully saturated rings. The summed E-state index contributed by atoms with van der Waals surface area (Å²) in [5.41, 5.74) is 0.640. The Morgan fingerprint density at radius 2 is 1.97 bits per heavy atom. The highest BCUT2D eigenvalue weighted by atomic mass is 35.5.